The lowest BCUT2D eigenvalue weighted by Gasteiger charge is -2.35. The third kappa shape index (κ3) is 5.29. The van der Waals surface area contributed by atoms with Crippen LogP contribution in [0, 0.1) is 5.41 Å². The Hall–Kier alpha value is -1.44. The molecule has 24 heavy (non-hydrogen) atoms. The Morgan fingerprint density at radius 2 is 1.75 bits per heavy atom. The summed E-state index contributed by atoms with van der Waals surface area (Å²) in [6, 6.07) is 6.40. The van der Waals surface area contributed by atoms with E-state index in [-0.39, 0.29) is 16.2 Å². The molecule has 1 fully saturated rings. The largest absolute Gasteiger partial charge is 0.356 e. The van der Waals surface area contributed by atoms with E-state index in [0.29, 0.717) is 25.9 Å². The number of hydrogen-bond donors (Lipinski definition) is 3. The molecule has 0 unspecified atom stereocenters. The minimum absolute atomic E-state index is 0.0283. The quantitative estimate of drug-likeness (QED) is 0.685. The second-order valence-electron chi connectivity index (χ2n) is 6.73. The molecule has 0 atom stereocenters. The van der Waals surface area contributed by atoms with Gasteiger partial charge in [-0.2, -0.15) is 0 Å². The van der Waals surface area contributed by atoms with Gasteiger partial charge >= 0.3 is 0 Å². The molecule has 0 radical (unpaired) electrons. The highest BCUT2D eigenvalue weighted by Gasteiger charge is 2.32. The van der Waals surface area contributed by atoms with Crippen LogP contribution in [0.15, 0.2) is 29.2 Å². The number of amides is 1. The van der Waals surface area contributed by atoms with E-state index in [1.807, 2.05) is 0 Å². The molecule has 0 aromatic heterocycles. The number of benzene rings is 1. The number of primary sulfonamides is 1. The molecule has 1 aromatic carbocycles. The number of carbonyl (C=O) groups is 1. The molecule has 1 saturated carbocycles. The highest BCUT2D eigenvalue weighted by molar-refractivity contribution is 7.89. The van der Waals surface area contributed by atoms with Gasteiger partial charge < -0.3 is 11.1 Å². The van der Waals surface area contributed by atoms with Gasteiger partial charge in [0.25, 0.3) is 0 Å². The monoisotopic (exact) mass is 353 g/mol. The number of sulfonamides is 1. The molecule has 1 aliphatic carbocycles. The Balaban J connectivity index is 1.80. The van der Waals surface area contributed by atoms with Crippen LogP contribution in [0.3, 0.4) is 0 Å². The fraction of sp³-hybridized carbons (Fsp3) is 0.588. The van der Waals surface area contributed by atoms with Crippen molar-refractivity contribution in [1.82, 2.24) is 5.32 Å². The Kier molecular flexibility index (Phi) is 6.37. The van der Waals surface area contributed by atoms with Gasteiger partial charge in [-0.1, -0.05) is 31.4 Å². The molecule has 0 aliphatic heterocycles. The maximum Gasteiger partial charge on any atom is 0.238 e. The summed E-state index contributed by atoms with van der Waals surface area (Å²) in [5.74, 6) is 0.0449. The average Bonchev–Trinajstić information content (AvgIpc) is 2.55. The second-order valence-corrected chi connectivity index (χ2v) is 8.29. The SMILES string of the molecule is NCC1(CC(=O)NCCc2ccc(S(N)(=O)=O)cc2)CCCCC1. The van der Waals surface area contributed by atoms with Crippen molar-refractivity contribution in [2.45, 2.75) is 49.8 Å². The van der Waals surface area contributed by atoms with Gasteiger partial charge in [-0.15, -0.1) is 0 Å². The van der Waals surface area contributed by atoms with Crippen LogP contribution in [0.4, 0.5) is 0 Å². The molecule has 0 saturated heterocycles. The summed E-state index contributed by atoms with van der Waals surface area (Å²) < 4.78 is 22.4. The molecule has 134 valence electrons. The summed E-state index contributed by atoms with van der Waals surface area (Å²) in [6.45, 7) is 1.09. The van der Waals surface area contributed by atoms with Gasteiger partial charge in [-0.25, -0.2) is 13.6 Å². The van der Waals surface area contributed by atoms with Crippen molar-refractivity contribution in [2.24, 2.45) is 16.3 Å². The first-order chi connectivity index (χ1) is 11.3. The molecule has 2 rings (SSSR count). The number of nitrogens with one attached hydrogen (secondary N) is 1. The molecular formula is C17H27N3O3S. The first-order valence-corrected chi connectivity index (χ1v) is 9.98. The van der Waals surface area contributed by atoms with Crippen molar-refractivity contribution in [2.75, 3.05) is 13.1 Å². The van der Waals surface area contributed by atoms with Gasteiger partial charge in [0.1, 0.15) is 0 Å². The van der Waals surface area contributed by atoms with Gasteiger partial charge in [0.15, 0.2) is 0 Å². The third-order valence-corrected chi connectivity index (χ3v) is 5.80. The topological polar surface area (TPSA) is 115 Å². The summed E-state index contributed by atoms with van der Waals surface area (Å²) in [4.78, 5) is 12.3. The predicted molar refractivity (Wildman–Crippen MR) is 93.7 cm³/mol. The van der Waals surface area contributed by atoms with Crippen LogP contribution in [0.5, 0.6) is 0 Å². The lowest BCUT2D eigenvalue weighted by Crippen LogP contribution is -2.39. The number of carbonyl (C=O) groups excluding carboxylic acids is 1. The summed E-state index contributed by atoms with van der Waals surface area (Å²) in [6.07, 6.45) is 6.75. The molecule has 0 bridgehead atoms. The van der Waals surface area contributed by atoms with Gasteiger partial charge in [0.2, 0.25) is 15.9 Å². The van der Waals surface area contributed by atoms with Gasteiger partial charge in [0, 0.05) is 13.0 Å². The van der Waals surface area contributed by atoms with E-state index >= 15 is 0 Å². The minimum atomic E-state index is -3.66. The smallest absolute Gasteiger partial charge is 0.238 e. The third-order valence-electron chi connectivity index (χ3n) is 4.87. The van der Waals surface area contributed by atoms with Crippen LogP contribution in [0.1, 0.15) is 44.1 Å². The van der Waals surface area contributed by atoms with Crippen LogP contribution < -0.4 is 16.2 Å². The Morgan fingerprint density at radius 1 is 1.12 bits per heavy atom. The van der Waals surface area contributed by atoms with Crippen molar-refractivity contribution in [3.63, 3.8) is 0 Å². The average molecular weight is 353 g/mol. The first-order valence-electron chi connectivity index (χ1n) is 8.43. The van der Waals surface area contributed by atoms with Gasteiger partial charge in [-0.05, 0) is 48.9 Å². The van der Waals surface area contributed by atoms with Crippen LogP contribution in [0.2, 0.25) is 0 Å². The highest BCUT2D eigenvalue weighted by atomic mass is 32.2. The lowest BCUT2D eigenvalue weighted by molar-refractivity contribution is -0.123. The van der Waals surface area contributed by atoms with Crippen LogP contribution in [0.25, 0.3) is 0 Å². The Labute approximate surface area is 144 Å². The number of rotatable bonds is 7. The molecule has 1 aromatic rings. The highest BCUT2D eigenvalue weighted by Crippen LogP contribution is 2.38. The zero-order chi connectivity index (χ0) is 17.6. The minimum Gasteiger partial charge on any atom is -0.356 e. The number of hydrogen-bond acceptors (Lipinski definition) is 4. The molecule has 0 spiro atoms. The predicted octanol–water partition coefficient (Wildman–Crippen LogP) is 1.29. The van der Waals surface area contributed by atoms with E-state index in [1.54, 1.807) is 12.1 Å². The van der Waals surface area contributed by atoms with Crippen molar-refractivity contribution < 1.29 is 13.2 Å². The Morgan fingerprint density at radius 3 is 2.29 bits per heavy atom. The molecule has 5 N–H and O–H groups in total. The summed E-state index contributed by atoms with van der Waals surface area (Å²) in [5.41, 5.74) is 6.84. The van der Waals surface area contributed by atoms with Gasteiger partial charge in [0.05, 0.1) is 4.90 Å². The van der Waals surface area contributed by atoms with E-state index in [1.165, 1.54) is 18.6 Å². The molecule has 7 heteroatoms. The van der Waals surface area contributed by atoms with Crippen molar-refractivity contribution in [3.05, 3.63) is 29.8 Å². The summed E-state index contributed by atoms with van der Waals surface area (Å²) >= 11 is 0. The second kappa shape index (κ2) is 8.09. The zero-order valence-corrected chi connectivity index (χ0v) is 14.8. The molecule has 1 amide bonds. The normalized spacial score (nSPS) is 17.4. The van der Waals surface area contributed by atoms with E-state index in [9.17, 15) is 13.2 Å². The maximum atomic E-state index is 12.2. The van der Waals surface area contributed by atoms with Crippen molar-refractivity contribution in [1.29, 1.82) is 0 Å². The molecule has 0 heterocycles. The molecule has 1 aliphatic rings. The fourth-order valence-electron chi connectivity index (χ4n) is 3.35. The van der Waals surface area contributed by atoms with E-state index in [2.05, 4.69) is 5.32 Å². The van der Waals surface area contributed by atoms with Gasteiger partial charge in [-0.3, -0.25) is 4.79 Å². The van der Waals surface area contributed by atoms with E-state index in [0.717, 1.165) is 31.2 Å². The molecular weight excluding hydrogens is 326 g/mol. The van der Waals surface area contributed by atoms with Crippen LogP contribution in [-0.4, -0.2) is 27.4 Å². The standard InChI is InChI=1S/C17H27N3O3S/c18-13-17(9-2-1-3-10-17)12-16(21)20-11-8-14-4-6-15(7-5-14)24(19,22)23/h4-7H,1-3,8-13,18H2,(H,20,21)(H2,19,22,23). The van der Waals surface area contributed by atoms with Crippen molar-refractivity contribution >= 4 is 15.9 Å². The zero-order valence-electron chi connectivity index (χ0n) is 14.0. The van der Waals surface area contributed by atoms with Crippen LogP contribution >= 0.6 is 0 Å². The fourth-order valence-corrected chi connectivity index (χ4v) is 3.87. The number of nitrogens with two attached hydrogens (primary N) is 2. The maximum absolute atomic E-state index is 12.2. The van der Waals surface area contributed by atoms with Crippen molar-refractivity contribution in [3.8, 4) is 0 Å². The Bertz CT molecular complexity index is 650. The van der Waals surface area contributed by atoms with E-state index < -0.39 is 10.0 Å². The van der Waals surface area contributed by atoms with E-state index in [4.69, 9.17) is 10.9 Å². The van der Waals surface area contributed by atoms with Crippen LogP contribution in [-0.2, 0) is 21.2 Å². The summed E-state index contributed by atoms with van der Waals surface area (Å²) in [7, 11) is -3.66. The first kappa shape index (κ1) is 18.9. The lowest BCUT2D eigenvalue weighted by atomic mass is 9.71. The molecule has 6 nitrogen and oxygen atoms in total. The summed E-state index contributed by atoms with van der Waals surface area (Å²) in [5, 5.41) is 8.01.